The molecule has 2 N–H and O–H groups in total. The van der Waals surface area contributed by atoms with Gasteiger partial charge in [-0.1, -0.05) is 30.3 Å². The van der Waals surface area contributed by atoms with Crippen LogP contribution in [-0.4, -0.2) is 60.7 Å². The number of ether oxygens (including phenoxy) is 2. The molecule has 0 saturated carbocycles. The van der Waals surface area contributed by atoms with Gasteiger partial charge in [0.2, 0.25) is 5.91 Å². The van der Waals surface area contributed by atoms with Crippen LogP contribution in [0.3, 0.4) is 0 Å². The summed E-state index contributed by atoms with van der Waals surface area (Å²) in [6.45, 7) is 4.33. The van der Waals surface area contributed by atoms with E-state index < -0.39 is 24.0 Å². The van der Waals surface area contributed by atoms with Gasteiger partial charge >= 0.3 is 0 Å². The molecule has 0 aliphatic carbocycles. The molecule has 1 aliphatic heterocycles. The lowest BCUT2D eigenvalue weighted by Crippen LogP contribution is -2.55. The molecule has 1 heterocycles. The summed E-state index contributed by atoms with van der Waals surface area (Å²) in [5.74, 6) is -0.932. The molecule has 3 atom stereocenters. The van der Waals surface area contributed by atoms with Crippen molar-refractivity contribution in [2.45, 2.75) is 44.4 Å². The van der Waals surface area contributed by atoms with Crippen molar-refractivity contribution in [3.8, 4) is 0 Å². The van der Waals surface area contributed by atoms with Crippen LogP contribution in [-0.2, 0) is 20.8 Å². The van der Waals surface area contributed by atoms with Gasteiger partial charge in [0.25, 0.3) is 0 Å². The first-order valence-corrected chi connectivity index (χ1v) is 7.78. The molecule has 1 fully saturated rings. The van der Waals surface area contributed by atoms with Crippen molar-refractivity contribution in [2.75, 3.05) is 20.7 Å². The molecule has 1 saturated heterocycles. The zero-order valence-electron chi connectivity index (χ0n) is 14.2. The lowest BCUT2D eigenvalue weighted by Gasteiger charge is -2.29. The maximum atomic E-state index is 12.4. The fraction of sp³-hybridized carbons (Fsp3) is 0.588. The Hall–Kier alpha value is -1.47. The van der Waals surface area contributed by atoms with E-state index in [1.54, 1.807) is 27.9 Å². The quantitative estimate of drug-likeness (QED) is 0.808. The van der Waals surface area contributed by atoms with E-state index in [2.05, 4.69) is 5.32 Å². The third-order valence-corrected chi connectivity index (χ3v) is 3.83. The molecule has 0 unspecified atom stereocenters. The van der Waals surface area contributed by atoms with Crippen LogP contribution in [0.15, 0.2) is 30.3 Å². The smallest absolute Gasteiger partial charge is 0.241 e. The lowest BCUT2D eigenvalue weighted by molar-refractivity contribution is -0.158. The largest absolute Gasteiger partial charge is 0.388 e. The van der Waals surface area contributed by atoms with E-state index in [1.807, 2.05) is 30.3 Å². The Morgan fingerprint density at radius 3 is 2.57 bits per heavy atom. The Morgan fingerprint density at radius 2 is 2.04 bits per heavy atom. The Balaban J connectivity index is 2.06. The molecule has 6 nitrogen and oxygen atoms in total. The Labute approximate surface area is 137 Å². The van der Waals surface area contributed by atoms with Crippen LogP contribution in [0.5, 0.6) is 0 Å². The van der Waals surface area contributed by atoms with E-state index in [0.29, 0.717) is 6.54 Å². The average Bonchev–Trinajstić information content (AvgIpc) is 2.88. The van der Waals surface area contributed by atoms with Crippen LogP contribution in [0.2, 0.25) is 0 Å². The maximum Gasteiger partial charge on any atom is 0.241 e. The summed E-state index contributed by atoms with van der Waals surface area (Å²) in [5, 5.41) is 13.8. The molecular weight excluding hydrogens is 296 g/mol. The molecule has 1 aromatic rings. The number of benzene rings is 1. The highest BCUT2D eigenvalue weighted by Crippen LogP contribution is 2.25. The van der Waals surface area contributed by atoms with Crippen LogP contribution in [0.4, 0.5) is 0 Å². The molecule has 0 aromatic heterocycles. The summed E-state index contributed by atoms with van der Waals surface area (Å²) >= 11 is 0. The molecule has 128 valence electrons. The van der Waals surface area contributed by atoms with Crippen molar-refractivity contribution in [3.63, 3.8) is 0 Å². The molecule has 2 rings (SSSR count). The molecule has 0 spiro atoms. The molecule has 1 amide bonds. The van der Waals surface area contributed by atoms with E-state index in [1.165, 1.54) is 4.90 Å². The standard InChI is InChI=1S/C17H26N2O4/c1-17(2)22-11-13(23-17)15(20)14(16(21)19(3)4)18-10-12-8-6-5-7-9-12/h5-9,13-15,18,20H,10-11H2,1-4H3/t13-,14-,15-/m1/s1. The number of aliphatic hydroxyl groups excluding tert-OH is 1. The topological polar surface area (TPSA) is 71.0 Å². The number of rotatable bonds is 6. The van der Waals surface area contributed by atoms with Gasteiger partial charge in [-0.25, -0.2) is 0 Å². The fourth-order valence-electron chi connectivity index (χ4n) is 2.55. The van der Waals surface area contributed by atoms with Crippen molar-refractivity contribution in [1.29, 1.82) is 0 Å². The number of amides is 1. The summed E-state index contributed by atoms with van der Waals surface area (Å²) < 4.78 is 11.2. The van der Waals surface area contributed by atoms with Gasteiger partial charge in [0, 0.05) is 20.6 Å². The maximum absolute atomic E-state index is 12.4. The summed E-state index contributed by atoms with van der Waals surface area (Å²) in [4.78, 5) is 13.9. The van der Waals surface area contributed by atoms with Crippen LogP contribution in [0.25, 0.3) is 0 Å². The minimum Gasteiger partial charge on any atom is -0.388 e. The number of hydrogen-bond acceptors (Lipinski definition) is 5. The van der Waals surface area contributed by atoms with Crippen molar-refractivity contribution in [1.82, 2.24) is 10.2 Å². The van der Waals surface area contributed by atoms with E-state index in [0.717, 1.165) is 5.56 Å². The minimum atomic E-state index is -0.990. The predicted molar refractivity (Wildman–Crippen MR) is 86.7 cm³/mol. The van der Waals surface area contributed by atoms with Crippen molar-refractivity contribution in [3.05, 3.63) is 35.9 Å². The SMILES string of the molecule is CN(C)C(=O)[C@H](NCc1ccccc1)[C@H](O)[C@H]1COC(C)(C)O1. The normalized spacial score (nSPS) is 22.6. The number of likely N-dealkylation sites (N-methyl/N-ethyl adjacent to an activating group) is 1. The first-order valence-electron chi connectivity index (χ1n) is 7.78. The predicted octanol–water partition coefficient (Wildman–Crippen LogP) is 0.745. The summed E-state index contributed by atoms with van der Waals surface area (Å²) in [7, 11) is 3.34. The lowest BCUT2D eigenvalue weighted by atomic mass is 10.0. The molecule has 1 aliphatic rings. The fourth-order valence-corrected chi connectivity index (χ4v) is 2.55. The second kappa shape index (κ2) is 7.40. The van der Waals surface area contributed by atoms with E-state index >= 15 is 0 Å². The molecule has 0 radical (unpaired) electrons. The molecule has 1 aromatic carbocycles. The third kappa shape index (κ3) is 4.75. The number of nitrogens with one attached hydrogen (secondary N) is 1. The van der Waals surface area contributed by atoms with E-state index in [-0.39, 0.29) is 12.5 Å². The average molecular weight is 322 g/mol. The second-order valence-electron chi connectivity index (χ2n) is 6.43. The van der Waals surface area contributed by atoms with Gasteiger partial charge in [0.15, 0.2) is 5.79 Å². The summed E-state index contributed by atoms with van der Waals surface area (Å²) in [6.07, 6.45) is -1.53. The van der Waals surface area contributed by atoms with Crippen LogP contribution >= 0.6 is 0 Å². The Morgan fingerprint density at radius 1 is 1.39 bits per heavy atom. The van der Waals surface area contributed by atoms with Crippen LogP contribution in [0, 0.1) is 0 Å². The summed E-state index contributed by atoms with van der Waals surface area (Å²) in [5.41, 5.74) is 1.04. The highest BCUT2D eigenvalue weighted by Gasteiger charge is 2.42. The van der Waals surface area contributed by atoms with Crippen molar-refractivity contribution in [2.24, 2.45) is 0 Å². The highest BCUT2D eigenvalue weighted by atomic mass is 16.7. The monoisotopic (exact) mass is 322 g/mol. The summed E-state index contributed by atoms with van der Waals surface area (Å²) in [6, 6.07) is 8.99. The first-order chi connectivity index (χ1) is 10.8. The molecule has 23 heavy (non-hydrogen) atoms. The van der Waals surface area contributed by atoms with Gasteiger partial charge in [0.1, 0.15) is 18.2 Å². The third-order valence-electron chi connectivity index (χ3n) is 3.83. The van der Waals surface area contributed by atoms with Crippen LogP contribution < -0.4 is 5.32 Å². The number of aliphatic hydroxyl groups is 1. The number of carbonyl (C=O) groups excluding carboxylic acids is 1. The van der Waals surface area contributed by atoms with Crippen LogP contribution in [0.1, 0.15) is 19.4 Å². The second-order valence-corrected chi connectivity index (χ2v) is 6.43. The van der Waals surface area contributed by atoms with Gasteiger partial charge in [-0.15, -0.1) is 0 Å². The van der Waals surface area contributed by atoms with Gasteiger partial charge in [-0.3, -0.25) is 10.1 Å². The Kier molecular flexibility index (Phi) is 5.75. The number of carbonyl (C=O) groups is 1. The molecule has 6 heteroatoms. The van der Waals surface area contributed by atoms with E-state index in [4.69, 9.17) is 9.47 Å². The van der Waals surface area contributed by atoms with Gasteiger partial charge in [0.05, 0.1) is 6.61 Å². The van der Waals surface area contributed by atoms with Gasteiger partial charge in [-0.2, -0.15) is 0 Å². The number of hydrogen-bond donors (Lipinski definition) is 2. The first kappa shape index (κ1) is 17.9. The molecular formula is C17H26N2O4. The van der Waals surface area contributed by atoms with Gasteiger partial charge < -0.3 is 19.5 Å². The Bertz CT molecular complexity index is 519. The zero-order chi connectivity index (χ0) is 17.0. The highest BCUT2D eigenvalue weighted by molar-refractivity contribution is 5.82. The zero-order valence-corrected chi connectivity index (χ0v) is 14.2. The van der Waals surface area contributed by atoms with Crippen molar-refractivity contribution >= 4 is 5.91 Å². The van der Waals surface area contributed by atoms with E-state index in [9.17, 15) is 9.90 Å². The van der Waals surface area contributed by atoms with Crippen molar-refractivity contribution < 1.29 is 19.4 Å². The van der Waals surface area contributed by atoms with Gasteiger partial charge in [-0.05, 0) is 19.4 Å². The molecule has 0 bridgehead atoms. The number of nitrogens with zero attached hydrogens (tertiary/aromatic N) is 1. The minimum absolute atomic E-state index is 0.193.